The van der Waals surface area contributed by atoms with Gasteiger partial charge in [-0.05, 0) is 58.0 Å². The van der Waals surface area contributed by atoms with E-state index < -0.39 is 5.54 Å². The minimum absolute atomic E-state index is 0.182. The van der Waals surface area contributed by atoms with Gasteiger partial charge in [-0.1, -0.05) is 6.92 Å². The van der Waals surface area contributed by atoms with Crippen molar-refractivity contribution in [1.82, 2.24) is 10.2 Å². The van der Waals surface area contributed by atoms with Gasteiger partial charge < -0.3 is 11.1 Å². The summed E-state index contributed by atoms with van der Waals surface area (Å²) in [6.45, 7) is 6.45. The number of piperidine rings is 1. The quantitative estimate of drug-likeness (QED) is 0.767. The van der Waals surface area contributed by atoms with E-state index in [4.69, 9.17) is 5.73 Å². The van der Waals surface area contributed by atoms with Crippen molar-refractivity contribution in [3.8, 4) is 0 Å². The number of amides is 1. The van der Waals surface area contributed by atoms with E-state index in [2.05, 4.69) is 24.1 Å². The Bertz CT molecular complexity index is 316. The van der Waals surface area contributed by atoms with Gasteiger partial charge >= 0.3 is 0 Å². The zero-order valence-electron chi connectivity index (χ0n) is 11.9. The first-order valence-electron chi connectivity index (χ1n) is 7.22. The lowest BCUT2D eigenvalue weighted by molar-refractivity contribution is -0.126. The highest BCUT2D eigenvalue weighted by atomic mass is 16.1. The molecule has 0 aromatic rings. The van der Waals surface area contributed by atoms with E-state index in [-0.39, 0.29) is 5.91 Å². The molecule has 1 aliphatic heterocycles. The standard InChI is InChI=1S/C14H27N3O/c1-10-6-7-17(11(2)8-10)9-14(16-3,13(15)18)12-4-5-12/h10-12,16H,4-9H2,1-3H3,(H2,15,18). The fraction of sp³-hybridized carbons (Fsp3) is 0.929. The lowest BCUT2D eigenvalue weighted by Crippen LogP contribution is -2.63. The molecule has 0 aromatic heterocycles. The second-order valence-electron chi connectivity index (χ2n) is 6.31. The second-order valence-corrected chi connectivity index (χ2v) is 6.31. The first kappa shape index (κ1) is 13.8. The van der Waals surface area contributed by atoms with Crippen molar-refractivity contribution in [2.24, 2.45) is 17.6 Å². The summed E-state index contributed by atoms with van der Waals surface area (Å²) in [5.41, 5.74) is 5.18. The average Bonchev–Trinajstić information content (AvgIpc) is 3.12. The van der Waals surface area contributed by atoms with Gasteiger partial charge in [0.2, 0.25) is 5.91 Å². The molecular formula is C14H27N3O. The molecule has 1 saturated heterocycles. The third kappa shape index (κ3) is 2.54. The number of carbonyl (C=O) groups is 1. The van der Waals surface area contributed by atoms with Gasteiger partial charge in [0.25, 0.3) is 0 Å². The predicted molar refractivity (Wildman–Crippen MR) is 73.1 cm³/mol. The monoisotopic (exact) mass is 253 g/mol. The number of nitrogens with two attached hydrogens (primary N) is 1. The Hall–Kier alpha value is -0.610. The fourth-order valence-corrected chi connectivity index (χ4v) is 3.40. The Labute approximate surface area is 110 Å². The smallest absolute Gasteiger partial charge is 0.239 e. The summed E-state index contributed by atoms with van der Waals surface area (Å²) in [6, 6.07) is 0.555. The van der Waals surface area contributed by atoms with Crippen LogP contribution in [0, 0.1) is 11.8 Å². The largest absolute Gasteiger partial charge is 0.368 e. The number of primary amides is 1. The van der Waals surface area contributed by atoms with Crippen molar-refractivity contribution in [2.45, 2.75) is 51.1 Å². The van der Waals surface area contributed by atoms with Crippen molar-refractivity contribution in [2.75, 3.05) is 20.1 Å². The van der Waals surface area contributed by atoms with Crippen LogP contribution in [0.25, 0.3) is 0 Å². The highest BCUT2D eigenvalue weighted by molar-refractivity contribution is 5.86. The minimum Gasteiger partial charge on any atom is -0.368 e. The predicted octanol–water partition coefficient (Wildman–Crippen LogP) is 0.960. The molecule has 3 atom stereocenters. The number of likely N-dealkylation sites (N-methyl/N-ethyl adjacent to an activating group) is 1. The summed E-state index contributed by atoms with van der Waals surface area (Å²) in [7, 11) is 1.88. The Balaban J connectivity index is 2.07. The van der Waals surface area contributed by atoms with E-state index in [1.165, 1.54) is 12.8 Å². The summed E-state index contributed by atoms with van der Waals surface area (Å²) >= 11 is 0. The lowest BCUT2D eigenvalue weighted by atomic mass is 9.87. The van der Waals surface area contributed by atoms with Crippen LogP contribution in [-0.2, 0) is 4.79 Å². The van der Waals surface area contributed by atoms with Gasteiger partial charge in [0.05, 0.1) is 0 Å². The van der Waals surface area contributed by atoms with Gasteiger partial charge in [0.15, 0.2) is 0 Å². The van der Waals surface area contributed by atoms with Gasteiger partial charge in [-0.2, -0.15) is 0 Å². The number of likely N-dealkylation sites (tertiary alicyclic amines) is 1. The molecule has 1 saturated carbocycles. The van der Waals surface area contributed by atoms with Crippen LogP contribution in [0.1, 0.15) is 39.5 Å². The number of rotatable bonds is 5. The lowest BCUT2D eigenvalue weighted by Gasteiger charge is -2.42. The van der Waals surface area contributed by atoms with Gasteiger partial charge in [-0.3, -0.25) is 9.69 Å². The molecular weight excluding hydrogens is 226 g/mol. The molecule has 4 heteroatoms. The first-order valence-corrected chi connectivity index (χ1v) is 7.22. The highest BCUT2D eigenvalue weighted by Crippen LogP contribution is 2.40. The Morgan fingerprint density at radius 3 is 2.50 bits per heavy atom. The normalized spacial score (nSPS) is 33.1. The second kappa shape index (κ2) is 5.17. The molecule has 3 N–H and O–H groups in total. The molecule has 18 heavy (non-hydrogen) atoms. The summed E-state index contributed by atoms with van der Waals surface area (Å²) in [6.07, 6.45) is 4.71. The van der Waals surface area contributed by atoms with Crippen molar-refractivity contribution < 1.29 is 4.79 Å². The van der Waals surface area contributed by atoms with Crippen molar-refractivity contribution >= 4 is 5.91 Å². The van der Waals surface area contributed by atoms with Gasteiger partial charge in [0.1, 0.15) is 5.54 Å². The number of nitrogens with one attached hydrogen (secondary N) is 1. The Morgan fingerprint density at radius 1 is 1.39 bits per heavy atom. The van der Waals surface area contributed by atoms with Gasteiger partial charge in [-0.15, -0.1) is 0 Å². The molecule has 0 spiro atoms. The molecule has 104 valence electrons. The van der Waals surface area contributed by atoms with E-state index in [9.17, 15) is 4.79 Å². The van der Waals surface area contributed by atoms with Crippen LogP contribution >= 0.6 is 0 Å². The molecule has 0 radical (unpaired) electrons. The number of nitrogens with zero attached hydrogens (tertiary/aromatic N) is 1. The van der Waals surface area contributed by atoms with Crippen LogP contribution in [0.2, 0.25) is 0 Å². The zero-order chi connectivity index (χ0) is 13.3. The van der Waals surface area contributed by atoms with Crippen LogP contribution in [-0.4, -0.2) is 42.5 Å². The van der Waals surface area contributed by atoms with Crippen LogP contribution in [0.3, 0.4) is 0 Å². The molecule has 4 nitrogen and oxygen atoms in total. The van der Waals surface area contributed by atoms with Crippen molar-refractivity contribution in [3.63, 3.8) is 0 Å². The maximum atomic E-state index is 11.9. The topological polar surface area (TPSA) is 58.4 Å². The number of carbonyl (C=O) groups excluding carboxylic acids is 1. The Kier molecular flexibility index (Phi) is 3.97. The molecule has 3 unspecified atom stereocenters. The van der Waals surface area contributed by atoms with E-state index in [0.29, 0.717) is 12.0 Å². The summed E-state index contributed by atoms with van der Waals surface area (Å²) in [5, 5.41) is 3.24. The van der Waals surface area contributed by atoms with Gasteiger partial charge in [-0.25, -0.2) is 0 Å². The van der Waals surface area contributed by atoms with Gasteiger partial charge in [0, 0.05) is 12.6 Å². The molecule has 1 amide bonds. The first-order chi connectivity index (χ1) is 8.49. The SMILES string of the molecule is CNC(CN1CCC(C)CC1C)(C(N)=O)C1CC1. The van der Waals surface area contributed by atoms with Crippen LogP contribution in [0.15, 0.2) is 0 Å². The van der Waals surface area contributed by atoms with Crippen LogP contribution in [0.4, 0.5) is 0 Å². The number of hydrogen-bond donors (Lipinski definition) is 2. The third-order valence-electron chi connectivity index (χ3n) is 4.89. The van der Waals surface area contributed by atoms with Crippen LogP contribution < -0.4 is 11.1 Å². The van der Waals surface area contributed by atoms with Crippen LogP contribution in [0.5, 0.6) is 0 Å². The van der Waals surface area contributed by atoms with E-state index >= 15 is 0 Å². The molecule has 2 rings (SSSR count). The fourth-order valence-electron chi connectivity index (χ4n) is 3.40. The molecule has 0 aromatic carbocycles. The van der Waals surface area contributed by atoms with E-state index in [1.54, 1.807) is 0 Å². The molecule has 1 heterocycles. The van der Waals surface area contributed by atoms with Crippen molar-refractivity contribution in [1.29, 1.82) is 0 Å². The molecule has 0 bridgehead atoms. The Morgan fingerprint density at radius 2 is 2.06 bits per heavy atom. The highest BCUT2D eigenvalue weighted by Gasteiger charge is 2.50. The third-order valence-corrected chi connectivity index (χ3v) is 4.89. The summed E-state index contributed by atoms with van der Waals surface area (Å²) in [5.74, 6) is 1.06. The molecule has 2 fully saturated rings. The zero-order valence-corrected chi connectivity index (χ0v) is 11.9. The maximum absolute atomic E-state index is 11.9. The summed E-state index contributed by atoms with van der Waals surface area (Å²) < 4.78 is 0. The van der Waals surface area contributed by atoms with Crippen molar-refractivity contribution in [3.05, 3.63) is 0 Å². The number of hydrogen-bond acceptors (Lipinski definition) is 3. The van der Waals surface area contributed by atoms with E-state index in [1.807, 2.05) is 7.05 Å². The average molecular weight is 253 g/mol. The van der Waals surface area contributed by atoms with E-state index in [0.717, 1.165) is 31.8 Å². The molecule has 1 aliphatic carbocycles. The minimum atomic E-state index is -0.505. The molecule has 2 aliphatic rings. The maximum Gasteiger partial charge on any atom is 0.239 e. The summed E-state index contributed by atoms with van der Waals surface area (Å²) in [4.78, 5) is 14.4.